The molecule has 2 heteroatoms. The number of ether oxygens (including phenoxy) is 1. The van der Waals surface area contributed by atoms with Gasteiger partial charge in [0.2, 0.25) is 0 Å². The van der Waals surface area contributed by atoms with Crippen LogP contribution in [0, 0.1) is 0 Å². The van der Waals surface area contributed by atoms with E-state index in [9.17, 15) is 0 Å². The van der Waals surface area contributed by atoms with E-state index >= 15 is 0 Å². The summed E-state index contributed by atoms with van der Waals surface area (Å²) in [7, 11) is 0. The number of hydrogen-bond acceptors (Lipinski definition) is 2. The molecule has 0 atom stereocenters. The Labute approximate surface area is 231 Å². The molecule has 0 aliphatic carbocycles. The zero-order valence-electron chi connectivity index (χ0n) is 21.2. The molecular weight excluding hydrogens is 492 g/mol. The SMILES string of the molecule is c1cc(-c2ccc(-c3cccc4c3sc3ccccc34)cc2)cc(-c2cccc3c2-c2ccccc2OC3)c1. The first kappa shape index (κ1) is 22.3. The van der Waals surface area contributed by atoms with Crippen LogP contribution in [-0.2, 0) is 6.61 Å². The van der Waals surface area contributed by atoms with E-state index in [4.69, 9.17) is 4.74 Å². The Balaban J connectivity index is 1.19. The molecule has 0 saturated carbocycles. The molecule has 1 aliphatic rings. The van der Waals surface area contributed by atoms with Crippen molar-refractivity contribution >= 4 is 31.5 Å². The van der Waals surface area contributed by atoms with Gasteiger partial charge in [0.15, 0.2) is 0 Å². The molecule has 0 fully saturated rings. The number of thiophene rings is 1. The summed E-state index contributed by atoms with van der Waals surface area (Å²) in [5.41, 5.74) is 11.1. The zero-order chi connectivity index (χ0) is 25.8. The first-order valence-corrected chi connectivity index (χ1v) is 14.1. The van der Waals surface area contributed by atoms with Gasteiger partial charge in [-0.15, -0.1) is 11.3 Å². The minimum absolute atomic E-state index is 0.605. The van der Waals surface area contributed by atoms with Crippen molar-refractivity contribution in [1.29, 1.82) is 0 Å². The normalized spacial score (nSPS) is 12.2. The van der Waals surface area contributed by atoms with Gasteiger partial charge in [0.05, 0.1) is 0 Å². The number of benzene rings is 6. The maximum absolute atomic E-state index is 6.03. The highest BCUT2D eigenvalue weighted by atomic mass is 32.1. The van der Waals surface area contributed by atoms with Gasteiger partial charge in [-0.2, -0.15) is 0 Å². The Hall–Kier alpha value is -4.66. The molecule has 0 spiro atoms. The minimum Gasteiger partial charge on any atom is -0.488 e. The predicted molar refractivity (Wildman–Crippen MR) is 165 cm³/mol. The lowest BCUT2D eigenvalue weighted by Crippen LogP contribution is -2.06. The highest BCUT2D eigenvalue weighted by Gasteiger charge is 2.20. The van der Waals surface area contributed by atoms with E-state index in [-0.39, 0.29) is 0 Å². The summed E-state index contributed by atoms with van der Waals surface area (Å²) in [6, 6.07) is 48.2. The van der Waals surface area contributed by atoms with Crippen molar-refractivity contribution in [1.82, 2.24) is 0 Å². The summed E-state index contributed by atoms with van der Waals surface area (Å²) in [6.07, 6.45) is 0. The highest BCUT2D eigenvalue weighted by Crippen LogP contribution is 2.44. The molecule has 0 amide bonds. The third-order valence-corrected chi connectivity index (χ3v) is 9.02. The second-order valence-electron chi connectivity index (χ2n) is 10.1. The van der Waals surface area contributed by atoms with Crippen LogP contribution in [0.2, 0.25) is 0 Å². The summed E-state index contributed by atoms with van der Waals surface area (Å²) >= 11 is 1.88. The fraction of sp³-hybridized carbons (Fsp3) is 0.0270. The molecule has 0 unspecified atom stereocenters. The summed E-state index contributed by atoms with van der Waals surface area (Å²) < 4.78 is 8.72. The Morgan fingerprint density at radius 2 is 1.18 bits per heavy atom. The quantitative estimate of drug-likeness (QED) is 0.227. The Kier molecular flexibility index (Phi) is 5.14. The van der Waals surface area contributed by atoms with Gasteiger partial charge >= 0.3 is 0 Å². The molecular formula is C37H24OS. The van der Waals surface area contributed by atoms with Crippen LogP contribution in [0.15, 0.2) is 133 Å². The molecule has 6 aromatic carbocycles. The number of rotatable bonds is 3. The van der Waals surface area contributed by atoms with Gasteiger partial charge in [-0.25, -0.2) is 0 Å². The van der Waals surface area contributed by atoms with Crippen molar-refractivity contribution in [2.45, 2.75) is 6.61 Å². The van der Waals surface area contributed by atoms with E-state index in [1.807, 2.05) is 17.4 Å². The third-order valence-electron chi connectivity index (χ3n) is 7.80. The van der Waals surface area contributed by atoms with Crippen LogP contribution < -0.4 is 4.74 Å². The van der Waals surface area contributed by atoms with Gasteiger partial charge in [0.25, 0.3) is 0 Å². The van der Waals surface area contributed by atoms with Gasteiger partial charge in [0, 0.05) is 25.7 Å². The molecule has 0 N–H and O–H groups in total. The maximum Gasteiger partial charge on any atom is 0.127 e. The minimum atomic E-state index is 0.605. The van der Waals surface area contributed by atoms with Crippen molar-refractivity contribution in [2.24, 2.45) is 0 Å². The Morgan fingerprint density at radius 3 is 2.13 bits per heavy atom. The Morgan fingerprint density at radius 1 is 0.487 bits per heavy atom. The molecule has 184 valence electrons. The standard InChI is InChI=1S/C37H24OS/c1-3-16-34-33(12-1)36-28(23-38-34)10-6-13-29(36)27-9-5-8-26(22-27)24-18-20-25(21-19-24)30-14-7-15-32-31-11-2-4-17-35(31)39-37(30)32/h1-22H,23H2. The summed E-state index contributed by atoms with van der Waals surface area (Å²) in [5.74, 6) is 0.956. The van der Waals surface area contributed by atoms with Gasteiger partial charge < -0.3 is 4.74 Å². The van der Waals surface area contributed by atoms with Gasteiger partial charge in [-0.1, -0.05) is 115 Å². The lowest BCUT2D eigenvalue weighted by molar-refractivity contribution is 0.302. The number of para-hydroxylation sites is 1. The van der Waals surface area contributed by atoms with Crippen molar-refractivity contribution in [3.63, 3.8) is 0 Å². The van der Waals surface area contributed by atoms with Crippen LogP contribution in [0.5, 0.6) is 5.75 Å². The average molecular weight is 517 g/mol. The second kappa shape index (κ2) is 8.97. The number of hydrogen-bond donors (Lipinski definition) is 0. The fourth-order valence-electron chi connectivity index (χ4n) is 5.92. The largest absolute Gasteiger partial charge is 0.488 e. The van der Waals surface area contributed by atoms with Crippen LogP contribution in [0.25, 0.3) is 64.7 Å². The summed E-state index contributed by atoms with van der Waals surface area (Å²) in [6.45, 7) is 0.605. The van der Waals surface area contributed by atoms with E-state index < -0.39 is 0 Å². The molecule has 1 aliphatic heterocycles. The zero-order valence-corrected chi connectivity index (χ0v) is 22.0. The predicted octanol–water partition coefficient (Wildman–Crippen LogP) is 10.6. The summed E-state index contributed by atoms with van der Waals surface area (Å²) in [5, 5.41) is 2.67. The molecule has 8 rings (SSSR count). The van der Waals surface area contributed by atoms with Crippen LogP contribution in [0.3, 0.4) is 0 Å². The first-order valence-electron chi connectivity index (χ1n) is 13.3. The van der Waals surface area contributed by atoms with Crippen molar-refractivity contribution < 1.29 is 4.74 Å². The topological polar surface area (TPSA) is 9.23 Å². The smallest absolute Gasteiger partial charge is 0.127 e. The van der Waals surface area contributed by atoms with E-state index in [1.54, 1.807) is 0 Å². The molecule has 0 radical (unpaired) electrons. The van der Waals surface area contributed by atoms with Crippen LogP contribution in [0.4, 0.5) is 0 Å². The molecule has 7 aromatic rings. The lowest BCUT2D eigenvalue weighted by Gasteiger charge is -2.23. The van der Waals surface area contributed by atoms with Gasteiger partial charge in [-0.3, -0.25) is 0 Å². The third kappa shape index (κ3) is 3.68. The summed E-state index contributed by atoms with van der Waals surface area (Å²) in [4.78, 5) is 0. The van der Waals surface area contributed by atoms with Crippen LogP contribution in [0.1, 0.15) is 5.56 Å². The van der Waals surface area contributed by atoms with E-state index in [1.165, 1.54) is 70.2 Å². The molecule has 1 aromatic heterocycles. The molecule has 0 bridgehead atoms. The maximum atomic E-state index is 6.03. The first-order chi connectivity index (χ1) is 19.3. The highest BCUT2D eigenvalue weighted by molar-refractivity contribution is 7.26. The Bertz CT molecular complexity index is 2010. The van der Waals surface area contributed by atoms with E-state index in [2.05, 4.69) is 127 Å². The van der Waals surface area contributed by atoms with Crippen LogP contribution in [-0.4, -0.2) is 0 Å². The van der Waals surface area contributed by atoms with E-state index in [0.717, 1.165) is 5.75 Å². The lowest BCUT2D eigenvalue weighted by atomic mass is 9.88. The fourth-order valence-corrected chi connectivity index (χ4v) is 7.15. The molecule has 39 heavy (non-hydrogen) atoms. The molecule has 2 heterocycles. The van der Waals surface area contributed by atoms with Gasteiger partial charge in [0.1, 0.15) is 12.4 Å². The monoisotopic (exact) mass is 516 g/mol. The van der Waals surface area contributed by atoms with Crippen molar-refractivity contribution in [3.8, 4) is 50.3 Å². The second-order valence-corrected chi connectivity index (χ2v) is 11.1. The van der Waals surface area contributed by atoms with Gasteiger partial charge in [-0.05, 0) is 62.7 Å². The van der Waals surface area contributed by atoms with Crippen molar-refractivity contribution in [3.05, 3.63) is 139 Å². The molecule has 1 nitrogen and oxygen atoms in total. The van der Waals surface area contributed by atoms with Crippen LogP contribution >= 0.6 is 11.3 Å². The van der Waals surface area contributed by atoms with Crippen molar-refractivity contribution in [2.75, 3.05) is 0 Å². The average Bonchev–Trinajstić information content (AvgIpc) is 3.40. The number of fused-ring (bicyclic) bond motifs is 6. The molecule has 0 saturated heterocycles. The van der Waals surface area contributed by atoms with E-state index in [0.29, 0.717) is 6.61 Å².